The van der Waals surface area contributed by atoms with Gasteiger partial charge in [-0.3, -0.25) is 0 Å². The zero-order chi connectivity index (χ0) is 6.24. The van der Waals surface area contributed by atoms with Gasteiger partial charge in [0, 0.05) is 0 Å². The van der Waals surface area contributed by atoms with E-state index in [4.69, 9.17) is 5.26 Å². The van der Waals surface area contributed by atoms with Crippen molar-refractivity contribution in [1.29, 1.82) is 5.26 Å². The van der Waals surface area contributed by atoms with Crippen molar-refractivity contribution in [3.05, 3.63) is 0 Å². The average Bonchev–Trinajstić information content (AvgIpc) is 1.81. The van der Waals surface area contributed by atoms with Crippen LogP contribution in [0.5, 0.6) is 0 Å². The Morgan fingerprint density at radius 2 is 1.89 bits per heavy atom. The Balaban J connectivity index is 0. The molecule has 0 aromatic carbocycles. The van der Waals surface area contributed by atoms with Crippen LogP contribution in [0.4, 0.5) is 0 Å². The predicted octanol–water partition coefficient (Wildman–Crippen LogP) is 2.61. The summed E-state index contributed by atoms with van der Waals surface area (Å²) in [6.45, 7) is 0. The van der Waals surface area contributed by atoms with E-state index in [0.29, 0.717) is 0 Å². The first kappa shape index (κ1) is 12.3. The van der Waals surface area contributed by atoms with Gasteiger partial charge >= 0.3 is 60.3 Å². The minimum atomic E-state index is 0. The molecule has 0 saturated carbocycles. The van der Waals surface area contributed by atoms with Gasteiger partial charge < -0.3 is 0 Å². The number of rotatable bonds is 4. The Hall–Kier alpha value is 0.593. The Labute approximate surface area is 77.3 Å². The van der Waals surface area contributed by atoms with Crippen molar-refractivity contribution in [2.75, 3.05) is 0 Å². The molecule has 3 heteroatoms. The van der Waals surface area contributed by atoms with E-state index >= 15 is 0 Å². The number of hydrogen-bond acceptors (Lipinski definition) is 1. The number of nitrogens with zero attached hydrogens (tertiary/aromatic N) is 1. The number of halogens is 1. The summed E-state index contributed by atoms with van der Waals surface area (Å²) in [5.74, 6) is 0. The molecule has 0 N–H and O–H groups in total. The van der Waals surface area contributed by atoms with Gasteiger partial charge in [-0.2, -0.15) is 0 Å². The summed E-state index contributed by atoms with van der Waals surface area (Å²) in [6, 6.07) is 2.14. The molecular formula is C6H11BrNZn. The Bertz CT molecular complexity index is 79.6. The fourth-order valence-corrected chi connectivity index (χ4v) is 1.30. The monoisotopic (exact) mass is 240 g/mol. The van der Waals surface area contributed by atoms with Crippen LogP contribution in [0.15, 0.2) is 0 Å². The molecule has 0 unspecified atom stereocenters. The van der Waals surface area contributed by atoms with E-state index < -0.39 is 0 Å². The van der Waals surface area contributed by atoms with Crippen LogP contribution in [0.1, 0.15) is 25.7 Å². The second-order valence-electron chi connectivity index (χ2n) is 1.82. The Morgan fingerprint density at radius 1 is 1.22 bits per heavy atom. The van der Waals surface area contributed by atoms with Gasteiger partial charge in [0.15, 0.2) is 0 Å². The van der Waals surface area contributed by atoms with E-state index in [-0.39, 0.29) is 17.0 Å². The molecule has 0 aliphatic heterocycles. The van der Waals surface area contributed by atoms with Gasteiger partial charge in [0.05, 0.1) is 0 Å². The quantitative estimate of drug-likeness (QED) is 0.549. The van der Waals surface area contributed by atoms with Crippen LogP contribution >= 0.6 is 17.0 Å². The zero-order valence-corrected chi connectivity index (χ0v) is 10.3. The predicted molar refractivity (Wildman–Crippen MR) is 39.2 cm³/mol. The van der Waals surface area contributed by atoms with Crippen LogP contribution in [-0.2, 0) is 18.3 Å². The van der Waals surface area contributed by atoms with Gasteiger partial charge in [-0.15, -0.1) is 17.0 Å². The first-order valence-corrected chi connectivity index (χ1v) is 5.18. The van der Waals surface area contributed by atoms with Crippen LogP contribution in [0.25, 0.3) is 0 Å². The second kappa shape index (κ2) is 11.4. The SMILES string of the molecule is Br.N#CCCCC[CH2][Zn]. The topological polar surface area (TPSA) is 23.8 Å². The Morgan fingerprint density at radius 3 is 2.33 bits per heavy atom. The summed E-state index contributed by atoms with van der Waals surface area (Å²) >= 11 is 1.41. The van der Waals surface area contributed by atoms with Crippen molar-refractivity contribution in [2.24, 2.45) is 0 Å². The summed E-state index contributed by atoms with van der Waals surface area (Å²) in [6.07, 6.45) is 4.45. The number of nitriles is 1. The molecule has 1 nitrogen and oxygen atoms in total. The molecule has 0 aliphatic rings. The maximum atomic E-state index is 8.12. The first-order valence-electron chi connectivity index (χ1n) is 3.08. The van der Waals surface area contributed by atoms with E-state index in [1.165, 1.54) is 36.2 Å². The number of hydrogen-bond donors (Lipinski definition) is 0. The first-order chi connectivity index (χ1) is 3.91. The van der Waals surface area contributed by atoms with Crippen molar-refractivity contribution in [2.45, 2.75) is 30.7 Å². The fourth-order valence-electron chi connectivity index (χ4n) is 0.558. The molecular weight excluding hydrogens is 231 g/mol. The van der Waals surface area contributed by atoms with E-state index in [0.717, 1.165) is 12.8 Å². The molecule has 0 amide bonds. The van der Waals surface area contributed by atoms with E-state index in [1.807, 2.05) is 0 Å². The molecule has 9 heavy (non-hydrogen) atoms. The van der Waals surface area contributed by atoms with Gasteiger partial charge in [-0.05, 0) is 0 Å². The molecule has 0 atom stereocenters. The summed E-state index contributed by atoms with van der Waals surface area (Å²) in [7, 11) is 0. The molecule has 0 aromatic heterocycles. The van der Waals surface area contributed by atoms with Crippen LogP contribution in [-0.4, -0.2) is 0 Å². The molecule has 0 radical (unpaired) electrons. The summed E-state index contributed by atoms with van der Waals surface area (Å²) < 4.78 is 0. The van der Waals surface area contributed by atoms with Crippen molar-refractivity contribution in [1.82, 2.24) is 0 Å². The summed E-state index contributed by atoms with van der Waals surface area (Å²) in [5.41, 5.74) is 0. The van der Waals surface area contributed by atoms with Gasteiger partial charge in [0.25, 0.3) is 0 Å². The van der Waals surface area contributed by atoms with Crippen molar-refractivity contribution >= 4 is 17.0 Å². The summed E-state index contributed by atoms with van der Waals surface area (Å²) in [5, 5.41) is 9.50. The fraction of sp³-hybridized carbons (Fsp3) is 0.833. The normalized spacial score (nSPS) is 7.67. The standard InChI is InChI=1S/C6H10N.BrH.Zn/c1-2-3-4-5-6-7;;/h1-5H2;1H;. The van der Waals surface area contributed by atoms with Gasteiger partial charge in [-0.25, -0.2) is 0 Å². The molecule has 0 fully saturated rings. The molecule has 49 valence electrons. The van der Waals surface area contributed by atoms with Gasteiger partial charge in [0.2, 0.25) is 0 Å². The molecule has 0 spiro atoms. The molecule has 0 aliphatic carbocycles. The van der Waals surface area contributed by atoms with Crippen molar-refractivity contribution in [3.63, 3.8) is 0 Å². The van der Waals surface area contributed by atoms with E-state index in [2.05, 4.69) is 6.07 Å². The number of unbranched alkanes of at least 4 members (excludes halogenated alkanes) is 3. The van der Waals surface area contributed by atoms with Gasteiger partial charge in [-0.1, -0.05) is 0 Å². The molecule has 0 heterocycles. The molecule has 0 bridgehead atoms. The van der Waals surface area contributed by atoms with E-state index in [9.17, 15) is 0 Å². The van der Waals surface area contributed by atoms with Crippen LogP contribution in [0.3, 0.4) is 0 Å². The van der Waals surface area contributed by atoms with Crippen LogP contribution in [0, 0.1) is 11.3 Å². The van der Waals surface area contributed by atoms with Crippen LogP contribution < -0.4 is 0 Å². The van der Waals surface area contributed by atoms with Gasteiger partial charge in [0.1, 0.15) is 0 Å². The van der Waals surface area contributed by atoms with Crippen molar-refractivity contribution < 1.29 is 18.3 Å². The Kier molecular flexibility index (Phi) is 15.6. The molecule has 0 saturated heterocycles. The van der Waals surface area contributed by atoms with Crippen LogP contribution in [0.2, 0.25) is 5.02 Å². The third kappa shape index (κ3) is 11.9. The molecule has 0 aromatic rings. The summed E-state index contributed by atoms with van der Waals surface area (Å²) in [4.78, 5) is 0. The molecule has 0 rings (SSSR count). The third-order valence-electron chi connectivity index (χ3n) is 1.04. The average molecular weight is 242 g/mol. The van der Waals surface area contributed by atoms with E-state index in [1.54, 1.807) is 0 Å². The third-order valence-corrected chi connectivity index (χ3v) is 2.09. The van der Waals surface area contributed by atoms with Crippen molar-refractivity contribution in [3.8, 4) is 6.07 Å². The zero-order valence-electron chi connectivity index (χ0n) is 5.60. The minimum absolute atomic E-state index is 0. The second-order valence-corrected chi connectivity index (χ2v) is 3.31. The maximum absolute atomic E-state index is 8.12.